The number of nitrogens with zero attached hydrogens (tertiary/aromatic N) is 4. The molecule has 1 aromatic rings. The molecule has 2 heterocycles. The van der Waals surface area contributed by atoms with Crippen molar-refractivity contribution < 1.29 is 4.74 Å². The van der Waals surface area contributed by atoms with E-state index in [1.807, 2.05) is 14.0 Å². The lowest BCUT2D eigenvalue weighted by atomic mass is 10.1. The van der Waals surface area contributed by atoms with Gasteiger partial charge in [-0.3, -0.25) is 4.68 Å². The molecule has 17 heavy (non-hydrogen) atoms. The smallest absolute Gasteiger partial charge is 0.145 e. The van der Waals surface area contributed by atoms with E-state index in [1.54, 1.807) is 11.8 Å². The number of aromatic nitrogens is 2. The average Bonchev–Trinajstić information content (AvgIpc) is 2.63. The number of nitriles is 1. The first-order valence-corrected chi connectivity index (χ1v) is 5.88. The first-order valence-electron chi connectivity index (χ1n) is 5.88. The lowest BCUT2D eigenvalue weighted by Crippen LogP contribution is -2.40. The largest absolute Gasteiger partial charge is 0.380 e. The molecule has 0 spiro atoms. The van der Waals surface area contributed by atoms with Crippen LogP contribution in [0.15, 0.2) is 0 Å². The van der Waals surface area contributed by atoms with Crippen LogP contribution in [0.2, 0.25) is 0 Å². The third-order valence-electron chi connectivity index (χ3n) is 3.31. The van der Waals surface area contributed by atoms with Gasteiger partial charge in [-0.1, -0.05) is 0 Å². The van der Waals surface area contributed by atoms with Crippen molar-refractivity contribution in [1.82, 2.24) is 9.78 Å². The first kappa shape index (κ1) is 11.9. The van der Waals surface area contributed by atoms with Crippen LogP contribution in [0, 0.1) is 18.3 Å². The zero-order valence-electron chi connectivity index (χ0n) is 10.6. The van der Waals surface area contributed by atoms with Crippen LogP contribution in [0.1, 0.15) is 24.1 Å². The van der Waals surface area contributed by atoms with Gasteiger partial charge in [0.1, 0.15) is 17.5 Å². The summed E-state index contributed by atoms with van der Waals surface area (Å²) in [5, 5.41) is 13.5. The number of hydrogen-bond donors (Lipinski definition) is 0. The SMILES string of the molecule is COC1CCCN(c2c(C#N)c(C)nn2C)C1. The zero-order valence-corrected chi connectivity index (χ0v) is 10.6. The number of piperidine rings is 1. The molecule has 0 amide bonds. The fourth-order valence-electron chi connectivity index (χ4n) is 2.46. The van der Waals surface area contributed by atoms with Gasteiger partial charge in [-0.15, -0.1) is 0 Å². The standard InChI is InChI=1S/C12H18N4O/c1-9-11(7-13)12(15(2)14-9)16-6-4-5-10(8-16)17-3/h10H,4-6,8H2,1-3H3. The van der Waals surface area contributed by atoms with Crippen LogP contribution < -0.4 is 4.90 Å². The first-order chi connectivity index (χ1) is 8.17. The van der Waals surface area contributed by atoms with Crippen molar-refractivity contribution in [3.05, 3.63) is 11.3 Å². The summed E-state index contributed by atoms with van der Waals surface area (Å²) in [5.41, 5.74) is 1.48. The van der Waals surface area contributed by atoms with Crippen LogP contribution >= 0.6 is 0 Å². The summed E-state index contributed by atoms with van der Waals surface area (Å²) in [7, 11) is 3.63. The molecule has 1 unspecified atom stereocenters. The van der Waals surface area contributed by atoms with Crippen molar-refractivity contribution in [2.75, 3.05) is 25.1 Å². The Labute approximate surface area is 102 Å². The van der Waals surface area contributed by atoms with Gasteiger partial charge in [-0.05, 0) is 19.8 Å². The van der Waals surface area contributed by atoms with Gasteiger partial charge >= 0.3 is 0 Å². The van der Waals surface area contributed by atoms with Crippen molar-refractivity contribution >= 4 is 5.82 Å². The van der Waals surface area contributed by atoms with E-state index in [-0.39, 0.29) is 6.10 Å². The maximum atomic E-state index is 9.21. The monoisotopic (exact) mass is 234 g/mol. The third kappa shape index (κ3) is 2.13. The van der Waals surface area contributed by atoms with Gasteiger partial charge in [-0.2, -0.15) is 10.4 Å². The van der Waals surface area contributed by atoms with E-state index in [9.17, 15) is 5.26 Å². The van der Waals surface area contributed by atoms with E-state index >= 15 is 0 Å². The highest BCUT2D eigenvalue weighted by molar-refractivity contribution is 5.57. The second kappa shape index (κ2) is 4.76. The van der Waals surface area contributed by atoms with Gasteiger partial charge in [-0.25, -0.2) is 0 Å². The van der Waals surface area contributed by atoms with Gasteiger partial charge < -0.3 is 9.64 Å². The molecule has 1 fully saturated rings. The molecule has 1 aromatic heterocycles. The predicted molar refractivity (Wildman–Crippen MR) is 64.9 cm³/mol. The summed E-state index contributed by atoms with van der Waals surface area (Å²) in [6.07, 6.45) is 2.43. The summed E-state index contributed by atoms with van der Waals surface area (Å²) in [6.45, 7) is 3.68. The fourth-order valence-corrected chi connectivity index (χ4v) is 2.46. The van der Waals surface area contributed by atoms with Crippen LogP contribution in [-0.2, 0) is 11.8 Å². The van der Waals surface area contributed by atoms with Gasteiger partial charge in [0.2, 0.25) is 0 Å². The minimum atomic E-state index is 0.255. The Morgan fingerprint density at radius 2 is 2.29 bits per heavy atom. The lowest BCUT2D eigenvalue weighted by Gasteiger charge is -2.33. The summed E-state index contributed by atoms with van der Waals surface area (Å²) in [6, 6.07) is 2.25. The van der Waals surface area contributed by atoms with E-state index in [1.165, 1.54) is 0 Å². The van der Waals surface area contributed by atoms with E-state index < -0.39 is 0 Å². The van der Waals surface area contributed by atoms with Gasteiger partial charge in [0.15, 0.2) is 0 Å². The normalized spacial score (nSPS) is 20.4. The van der Waals surface area contributed by atoms with Crippen LogP contribution in [0.4, 0.5) is 5.82 Å². The molecule has 0 N–H and O–H groups in total. The van der Waals surface area contributed by atoms with Crippen molar-refractivity contribution in [3.8, 4) is 6.07 Å². The zero-order chi connectivity index (χ0) is 12.4. The van der Waals surface area contributed by atoms with Gasteiger partial charge in [0, 0.05) is 27.2 Å². The molecule has 2 rings (SSSR count). The van der Waals surface area contributed by atoms with Crippen LogP contribution in [-0.4, -0.2) is 36.1 Å². The van der Waals surface area contributed by atoms with Crippen LogP contribution in [0.3, 0.4) is 0 Å². The minimum Gasteiger partial charge on any atom is -0.380 e. The summed E-state index contributed by atoms with van der Waals surface area (Å²) < 4.78 is 7.21. The molecular weight excluding hydrogens is 216 g/mol. The quantitative estimate of drug-likeness (QED) is 0.772. The molecule has 1 atom stereocenters. The Morgan fingerprint density at radius 1 is 1.53 bits per heavy atom. The molecule has 0 radical (unpaired) electrons. The molecule has 5 heteroatoms. The Balaban J connectivity index is 2.30. The number of methoxy groups -OCH3 is 1. The summed E-state index contributed by atoms with van der Waals surface area (Å²) in [5.74, 6) is 0.923. The van der Waals surface area contributed by atoms with Crippen molar-refractivity contribution in [3.63, 3.8) is 0 Å². The molecular formula is C12H18N4O. The highest BCUT2D eigenvalue weighted by atomic mass is 16.5. The van der Waals surface area contributed by atoms with Crippen LogP contribution in [0.5, 0.6) is 0 Å². The third-order valence-corrected chi connectivity index (χ3v) is 3.31. The number of ether oxygens (including phenoxy) is 1. The molecule has 5 nitrogen and oxygen atoms in total. The minimum absolute atomic E-state index is 0.255. The number of rotatable bonds is 2. The molecule has 1 aliphatic heterocycles. The fraction of sp³-hybridized carbons (Fsp3) is 0.667. The molecule has 92 valence electrons. The number of aryl methyl sites for hydroxylation is 2. The van der Waals surface area contributed by atoms with E-state index in [4.69, 9.17) is 4.74 Å². The number of hydrogen-bond acceptors (Lipinski definition) is 4. The van der Waals surface area contributed by atoms with Crippen molar-refractivity contribution in [1.29, 1.82) is 5.26 Å². The van der Waals surface area contributed by atoms with Crippen molar-refractivity contribution in [2.45, 2.75) is 25.9 Å². The molecule has 1 aliphatic rings. The second-order valence-corrected chi connectivity index (χ2v) is 4.47. The second-order valence-electron chi connectivity index (χ2n) is 4.47. The molecule has 0 aromatic carbocycles. The maximum absolute atomic E-state index is 9.21. The van der Waals surface area contributed by atoms with Gasteiger partial charge in [0.05, 0.1) is 11.8 Å². The topological polar surface area (TPSA) is 54.1 Å². The summed E-state index contributed by atoms with van der Waals surface area (Å²) >= 11 is 0. The van der Waals surface area contributed by atoms with E-state index in [0.717, 1.165) is 37.4 Å². The molecule has 0 aliphatic carbocycles. The molecule has 0 saturated carbocycles. The van der Waals surface area contributed by atoms with E-state index in [0.29, 0.717) is 5.56 Å². The Bertz CT molecular complexity index is 446. The highest BCUT2D eigenvalue weighted by Crippen LogP contribution is 2.26. The van der Waals surface area contributed by atoms with Crippen molar-refractivity contribution in [2.24, 2.45) is 7.05 Å². The lowest BCUT2D eigenvalue weighted by molar-refractivity contribution is 0.0889. The number of anilines is 1. The van der Waals surface area contributed by atoms with Crippen LogP contribution in [0.25, 0.3) is 0 Å². The van der Waals surface area contributed by atoms with E-state index in [2.05, 4.69) is 16.1 Å². The average molecular weight is 234 g/mol. The van der Waals surface area contributed by atoms with Gasteiger partial charge in [0.25, 0.3) is 0 Å². The Hall–Kier alpha value is -1.54. The predicted octanol–water partition coefficient (Wildman–Crippen LogP) is 1.22. The molecule has 0 bridgehead atoms. The molecule has 1 saturated heterocycles. The Morgan fingerprint density at radius 3 is 2.94 bits per heavy atom. The maximum Gasteiger partial charge on any atom is 0.145 e. The highest BCUT2D eigenvalue weighted by Gasteiger charge is 2.25. The summed E-state index contributed by atoms with van der Waals surface area (Å²) in [4.78, 5) is 2.20. The Kier molecular flexibility index (Phi) is 3.34.